The number of halogens is 1. The molecule has 0 saturated carbocycles. The van der Waals surface area contributed by atoms with Crippen molar-refractivity contribution in [1.29, 1.82) is 0 Å². The maximum atomic E-state index is 11.7. The fraction of sp³-hybridized carbons (Fsp3) is 0.857. The highest BCUT2D eigenvalue weighted by molar-refractivity contribution is 7.85. The molecule has 0 unspecified atom stereocenters. The zero-order valence-electron chi connectivity index (χ0n) is 12.4. The Labute approximate surface area is 123 Å². The number of alkyl halides is 1. The van der Waals surface area contributed by atoms with Crippen LogP contribution in [0.15, 0.2) is 12.7 Å². The number of rotatable bonds is 12. The normalized spacial score (nSPS) is 10.8. The van der Waals surface area contributed by atoms with Crippen LogP contribution in [0.4, 0.5) is 4.39 Å². The molecule has 4 nitrogen and oxygen atoms in total. The first-order valence-electron chi connectivity index (χ1n) is 7.30. The average molecular weight is 311 g/mol. The van der Waals surface area contributed by atoms with Crippen LogP contribution in [0, 0.1) is 0 Å². The summed E-state index contributed by atoms with van der Waals surface area (Å²) in [6, 6.07) is 0. The second kappa shape index (κ2) is 16.6. The van der Waals surface area contributed by atoms with Crippen LogP contribution in [0.3, 0.4) is 0 Å². The lowest BCUT2D eigenvalue weighted by Crippen LogP contribution is -2.03. The van der Waals surface area contributed by atoms with Gasteiger partial charge in [0.15, 0.2) is 0 Å². The topological polar surface area (TPSA) is 80.4 Å². The highest BCUT2D eigenvalue weighted by Crippen LogP contribution is 2.10. The van der Waals surface area contributed by atoms with Crippen molar-refractivity contribution < 1.29 is 17.4 Å². The van der Waals surface area contributed by atoms with E-state index < -0.39 is 10.1 Å². The summed E-state index contributed by atoms with van der Waals surface area (Å²) in [5, 5.41) is 0. The Bertz CT molecular complexity index is 295. The van der Waals surface area contributed by atoms with Gasteiger partial charge in [0.25, 0.3) is 10.1 Å². The van der Waals surface area contributed by atoms with E-state index in [2.05, 4.69) is 6.58 Å². The molecule has 6 heteroatoms. The number of hydrogen-bond donors (Lipinski definition) is 2. The van der Waals surface area contributed by atoms with Crippen molar-refractivity contribution in [2.24, 2.45) is 5.73 Å². The largest absolute Gasteiger partial charge is 0.327 e. The summed E-state index contributed by atoms with van der Waals surface area (Å²) in [5.74, 6) is -0.122. The monoisotopic (exact) mass is 311 g/mol. The Kier molecular flexibility index (Phi) is 18.1. The van der Waals surface area contributed by atoms with Crippen LogP contribution in [0.2, 0.25) is 0 Å². The Morgan fingerprint density at radius 1 is 0.950 bits per heavy atom. The SMILES string of the molecule is C=CCN.O=S(=O)(O)CCCCCCCCCCCF. The molecule has 0 rings (SSSR count). The minimum Gasteiger partial charge on any atom is -0.327 e. The van der Waals surface area contributed by atoms with Crippen molar-refractivity contribution in [1.82, 2.24) is 0 Å². The van der Waals surface area contributed by atoms with Crippen molar-refractivity contribution in [3.63, 3.8) is 0 Å². The molecule has 0 aliphatic carbocycles. The van der Waals surface area contributed by atoms with Gasteiger partial charge in [0.2, 0.25) is 0 Å². The van der Waals surface area contributed by atoms with E-state index in [1.165, 1.54) is 0 Å². The second-order valence-electron chi connectivity index (χ2n) is 4.68. The molecule has 0 atom stereocenters. The van der Waals surface area contributed by atoms with Crippen molar-refractivity contribution >= 4 is 10.1 Å². The van der Waals surface area contributed by atoms with Gasteiger partial charge in [0.1, 0.15) is 0 Å². The minimum absolute atomic E-state index is 0.122. The van der Waals surface area contributed by atoms with Gasteiger partial charge in [-0.1, -0.05) is 51.0 Å². The number of unbranched alkanes of at least 4 members (excludes halogenated alkanes) is 8. The van der Waals surface area contributed by atoms with E-state index in [0.717, 1.165) is 44.9 Å². The van der Waals surface area contributed by atoms with Gasteiger partial charge >= 0.3 is 0 Å². The zero-order chi connectivity index (χ0) is 15.7. The highest BCUT2D eigenvalue weighted by Gasteiger charge is 2.02. The van der Waals surface area contributed by atoms with Crippen LogP contribution in [-0.4, -0.2) is 31.9 Å². The summed E-state index contributed by atoms with van der Waals surface area (Å²) >= 11 is 0. The lowest BCUT2D eigenvalue weighted by atomic mass is 10.1. The third-order valence-corrected chi connectivity index (χ3v) is 3.51. The molecule has 0 aliphatic heterocycles. The number of hydrogen-bond acceptors (Lipinski definition) is 3. The summed E-state index contributed by atoms with van der Waals surface area (Å²) in [4.78, 5) is 0. The van der Waals surface area contributed by atoms with E-state index in [1.54, 1.807) is 6.08 Å². The van der Waals surface area contributed by atoms with Crippen LogP contribution < -0.4 is 5.73 Å². The Balaban J connectivity index is 0. The van der Waals surface area contributed by atoms with Gasteiger partial charge in [-0.25, -0.2) is 0 Å². The van der Waals surface area contributed by atoms with Gasteiger partial charge in [-0.15, -0.1) is 6.58 Å². The molecule has 122 valence electrons. The van der Waals surface area contributed by atoms with Crippen molar-refractivity contribution in [2.45, 2.75) is 57.8 Å². The van der Waals surface area contributed by atoms with Crippen molar-refractivity contribution in [3.8, 4) is 0 Å². The quantitative estimate of drug-likeness (QED) is 0.328. The van der Waals surface area contributed by atoms with Gasteiger partial charge in [-0.2, -0.15) is 8.42 Å². The summed E-state index contributed by atoms with van der Waals surface area (Å²) in [6.07, 6.45) is 10.2. The fourth-order valence-corrected chi connectivity index (χ4v) is 2.19. The summed E-state index contributed by atoms with van der Waals surface area (Å²) in [7, 11) is -3.77. The van der Waals surface area contributed by atoms with Crippen molar-refractivity contribution in [2.75, 3.05) is 19.0 Å². The maximum absolute atomic E-state index is 11.7. The second-order valence-corrected chi connectivity index (χ2v) is 6.25. The predicted molar refractivity (Wildman–Crippen MR) is 83.2 cm³/mol. The first kappa shape index (κ1) is 21.8. The third kappa shape index (κ3) is 26.2. The summed E-state index contributed by atoms with van der Waals surface area (Å²) in [6.45, 7) is 3.72. The van der Waals surface area contributed by atoms with Crippen LogP contribution >= 0.6 is 0 Å². The first-order valence-corrected chi connectivity index (χ1v) is 8.91. The molecule has 0 radical (unpaired) electrons. The molecule has 0 saturated heterocycles. The molecule has 0 bridgehead atoms. The predicted octanol–water partition coefficient (Wildman–Crippen LogP) is 3.49. The molecule has 0 aliphatic rings. The van der Waals surface area contributed by atoms with E-state index >= 15 is 0 Å². The molecule has 0 spiro atoms. The maximum Gasteiger partial charge on any atom is 0.264 e. The van der Waals surface area contributed by atoms with Crippen molar-refractivity contribution in [3.05, 3.63) is 12.7 Å². The lowest BCUT2D eigenvalue weighted by molar-refractivity contribution is 0.448. The molecule has 20 heavy (non-hydrogen) atoms. The van der Waals surface area contributed by atoms with Gasteiger partial charge in [0.05, 0.1) is 12.4 Å². The first-order chi connectivity index (χ1) is 9.47. The summed E-state index contributed by atoms with van der Waals surface area (Å²) in [5.41, 5.74) is 4.91. The van der Waals surface area contributed by atoms with Gasteiger partial charge < -0.3 is 5.73 Å². The van der Waals surface area contributed by atoms with Crippen LogP contribution in [-0.2, 0) is 10.1 Å². The molecule has 0 aromatic heterocycles. The van der Waals surface area contributed by atoms with E-state index in [1.807, 2.05) is 0 Å². The third-order valence-electron chi connectivity index (χ3n) is 2.70. The molecule has 3 N–H and O–H groups in total. The zero-order valence-corrected chi connectivity index (χ0v) is 13.2. The molecule has 0 fully saturated rings. The Morgan fingerprint density at radius 3 is 1.60 bits per heavy atom. The van der Waals surface area contributed by atoms with E-state index in [9.17, 15) is 12.8 Å². The Morgan fingerprint density at radius 2 is 1.30 bits per heavy atom. The molecule has 0 amide bonds. The number of nitrogens with two attached hydrogens (primary N) is 1. The highest BCUT2D eigenvalue weighted by atomic mass is 32.2. The van der Waals surface area contributed by atoms with E-state index in [0.29, 0.717) is 19.4 Å². The van der Waals surface area contributed by atoms with Gasteiger partial charge in [0, 0.05) is 6.54 Å². The smallest absolute Gasteiger partial charge is 0.264 e. The lowest BCUT2D eigenvalue weighted by Gasteiger charge is -2.01. The molecule has 0 heterocycles. The molecular weight excluding hydrogens is 281 g/mol. The van der Waals surface area contributed by atoms with E-state index in [4.69, 9.17) is 10.3 Å². The Hall–Kier alpha value is -0.460. The summed E-state index contributed by atoms with van der Waals surface area (Å²) < 4.78 is 41.0. The fourth-order valence-electron chi connectivity index (χ4n) is 1.62. The molecule has 0 aromatic carbocycles. The van der Waals surface area contributed by atoms with Crippen LogP contribution in [0.1, 0.15) is 57.8 Å². The van der Waals surface area contributed by atoms with Gasteiger partial charge in [-0.05, 0) is 12.8 Å². The minimum atomic E-state index is -3.77. The van der Waals surface area contributed by atoms with Crippen LogP contribution in [0.25, 0.3) is 0 Å². The molecular formula is C14H30FNO3S. The van der Waals surface area contributed by atoms with Crippen LogP contribution in [0.5, 0.6) is 0 Å². The standard InChI is InChI=1S/C11H23FO3S.C3H7N/c12-10-8-6-4-2-1-3-5-7-9-11-16(13,14)15;1-2-3-4/h1-11H2,(H,13,14,15);2H,1,3-4H2. The van der Waals surface area contributed by atoms with Gasteiger partial charge in [-0.3, -0.25) is 8.94 Å². The average Bonchev–Trinajstić information content (AvgIpc) is 2.40. The molecule has 0 aromatic rings. The van der Waals surface area contributed by atoms with E-state index in [-0.39, 0.29) is 12.4 Å².